The van der Waals surface area contributed by atoms with Crippen LogP contribution in [0.5, 0.6) is 5.75 Å². The normalized spacial score (nSPS) is 10.1. The lowest BCUT2D eigenvalue weighted by Gasteiger charge is -2.01. The number of aromatic carboxylic acids is 1. The molecule has 2 rings (SSSR count). The number of carboxylic acids is 1. The molecule has 2 aromatic heterocycles. The number of nitrogens with zero attached hydrogens (tertiary/aromatic N) is 3. The zero-order valence-corrected chi connectivity index (χ0v) is 8.49. The lowest BCUT2D eigenvalue weighted by atomic mass is 10.4. The van der Waals surface area contributed by atoms with Crippen molar-refractivity contribution >= 4 is 5.97 Å². The van der Waals surface area contributed by atoms with Crippen molar-refractivity contribution in [3.8, 4) is 11.6 Å². The molecule has 0 aromatic carbocycles. The summed E-state index contributed by atoms with van der Waals surface area (Å²) >= 11 is 0. The van der Waals surface area contributed by atoms with Gasteiger partial charge in [-0.05, 0) is 12.1 Å². The van der Waals surface area contributed by atoms with Crippen LogP contribution >= 0.6 is 0 Å². The van der Waals surface area contributed by atoms with E-state index in [0.29, 0.717) is 11.6 Å². The Bertz CT molecular complexity index is 504. The Balaban J connectivity index is 2.31. The number of carboxylic acid groups (broad SMARTS) is 1. The van der Waals surface area contributed by atoms with E-state index in [0.717, 1.165) is 0 Å². The van der Waals surface area contributed by atoms with Crippen molar-refractivity contribution in [2.24, 2.45) is 0 Å². The zero-order chi connectivity index (χ0) is 11.5. The third kappa shape index (κ3) is 1.85. The molecule has 0 aliphatic rings. The van der Waals surface area contributed by atoms with Gasteiger partial charge in [-0.3, -0.25) is 4.57 Å². The van der Waals surface area contributed by atoms with E-state index in [2.05, 4.69) is 9.97 Å². The molecule has 0 saturated heterocycles. The molecule has 0 spiro atoms. The summed E-state index contributed by atoms with van der Waals surface area (Å²) in [4.78, 5) is 18.5. The van der Waals surface area contributed by atoms with Gasteiger partial charge in [-0.2, -0.15) is 0 Å². The van der Waals surface area contributed by atoms with E-state index in [9.17, 15) is 4.79 Å². The van der Waals surface area contributed by atoms with E-state index in [4.69, 9.17) is 9.84 Å². The molecule has 0 bridgehead atoms. The minimum Gasteiger partial charge on any atom is -0.495 e. The average molecular weight is 219 g/mol. The van der Waals surface area contributed by atoms with Gasteiger partial charge in [-0.1, -0.05) is 0 Å². The molecular formula is C10H9N3O3. The lowest BCUT2D eigenvalue weighted by Crippen LogP contribution is -1.97. The Labute approximate surface area is 91.1 Å². The second kappa shape index (κ2) is 4.01. The minimum absolute atomic E-state index is 0.0161. The molecule has 82 valence electrons. The summed E-state index contributed by atoms with van der Waals surface area (Å²) in [6.07, 6.45) is 4.35. The van der Waals surface area contributed by atoms with E-state index in [-0.39, 0.29) is 5.69 Å². The molecule has 0 radical (unpaired) electrons. The van der Waals surface area contributed by atoms with Gasteiger partial charge < -0.3 is 9.84 Å². The Hall–Kier alpha value is -2.37. The maximum Gasteiger partial charge on any atom is 0.356 e. The zero-order valence-electron chi connectivity index (χ0n) is 8.49. The third-order valence-electron chi connectivity index (χ3n) is 2.02. The highest BCUT2D eigenvalue weighted by molar-refractivity contribution is 5.85. The SMILES string of the molecule is COc1ccc(-n2cnc(C(=O)O)c2)nc1. The molecule has 0 unspecified atom stereocenters. The number of aromatic nitrogens is 3. The molecular weight excluding hydrogens is 210 g/mol. The molecule has 0 amide bonds. The summed E-state index contributed by atoms with van der Waals surface area (Å²) in [5, 5.41) is 8.71. The van der Waals surface area contributed by atoms with Gasteiger partial charge in [0.2, 0.25) is 0 Å². The second-order valence-corrected chi connectivity index (χ2v) is 3.03. The molecule has 2 heterocycles. The molecule has 1 N–H and O–H groups in total. The first-order valence-electron chi connectivity index (χ1n) is 4.48. The largest absolute Gasteiger partial charge is 0.495 e. The predicted molar refractivity (Wildman–Crippen MR) is 54.9 cm³/mol. The van der Waals surface area contributed by atoms with E-state index >= 15 is 0 Å². The minimum atomic E-state index is -1.06. The second-order valence-electron chi connectivity index (χ2n) is 3.03. The number of ether oxygens (including phenoxy) is 1. The molecule has 2 aromatic rings. The molecule has 6 heteroatoms. The maximum atomic E-state index is 10.6. The predicted octanol–water partition coefficient (Wildman–Crippen LogP) is 0.974. The number of imidazole rings is 1. The third-order valence-corrected chi connectivity index (χ3v) is 2.02. The highest BCUT2D eigenvalue weighted by Crippen LogP contribution is 2.11. The Morgan fingerprint density at radius 3 is 2.75 bits per heavy atom. The molecule has 0 fully saturated rings. The summed E-state index contributed by atoms with van der Waals surface area (Å²) in [5.74, 6) is 0.162. The lowest BCUT2D eigenvalue weighted by molar-refractivity contribution is 0.0691. The summed E-state index contributed by atoms with van der Waals surface area (Å²) in [6.45, 7) is 0. The first kappa shape index (κ1) is 10.2. The molecule has 0 atom stereocenters. The Morgan fingerprint density at radius 2 is 2.25 bits per heavy atom. The van der Waals surface area contributed by atoms with Crippen molar-refractivity contribution in [3.05, 3.63) is 36.5 Å². The number of pyridine rings is 1. The average Bonchev–Trinajstić information content (AvgIpc) is 2.78. The quantitative estimate of drug-likeness (QED) is 0.832. The van der Waals surface area contributed by atoms with Crippen molar-refractivity contribution in [1.29, 1.82) is 0 Å². The summed E-state index contributed by atoms with van der Waals surface area (Å²) in [7, 11) is 1.55. The van der Waals surface area contributed by atoms with Crippen molar-refractivity contribution < 1.29 is 14.6 Å². The molecule has 0 aliphatic heterocycles. The Kier molecular flexibility index (Phi) is 2.55. The van der Waals surface area contributed by atoms with E-state index in [1.54, 1.807) is 25.4 Å². The fourth-order valence-corrected chi connectivity index (χ4v) is 1.20. The molecule has 0 aliphatic carbocycles. The summed E-state index contributed by atoms with van der Waals surface area (Å²) in [5.41, 5.74) is -0.0161. The van der Waals surface area contributed by atoms with Gasteiger partial charge in [0, 0.05) is 6.20 Å². The topological polar surface area (TPSA) is 77.2 Å². The van der Waals surface area contributed by atoms with E-state index < -0.39 is 5.97 Å². The van der Waals surface area contributed by atoms with Crippen molar-refractivity contribution in [1.82, 2.24) is 14.5 Å². The van der Waals surface area contributed by atoms with E-state index in [1.807, 2.05) is 0 Å². The number of hydrogen-bond acceptors (Lipinski definition) is 4. The van der Waals surface area contributed by atoms with Crippen molar-refractivity contribution in [2.45, 2.75) is 0 Å². The number of rotatable bonds is 3. The first-order chi connectivity index (χ1) is 7.70. The number of methoxy groups -OCH3 is 1. The van der Waals surface area contributed by atoms with Crippen LogP contribution in [-0.2, 0) is 0 Å². The Morgan fingerprint density at radius 1 is 1.44 bits per heavy atom. The van der Waals surface area contributed by atoms with Crippen LogP contribution < -0.4 is 4.74 Å². The van der Waals surface area contributed by atoms with Gasteiger partial charge in [0.15, 0.2) is 5.69 Å². The number of carbonyl (C=O) groups is 1. The number of hydrogen-bond donors (Lipinski definition) is 1. The van der Waals surface area contributed by atoms with Gasteiger partial charge >= 0.3 is 5.97 Å². The van der Waals surface area contributed by atoms with Crippen molar-refractivity contribution in [3.63, 3.8) is 0 Å². The van der Waals surface area contributed by atoms with Crippen LogP contribution in [0.4, 0.5) is 0 Å². The van der Waals surface area contributed by atoms with Gasteiger partial charge in [-0.15, -0.1) is 0 Å². The van der Waals surface area contributed by atoms with Crippen LogP contribution in [0.1, 0.15) is 10.5 Å². The standard InChI is InChI=1S/C10H9N3O3/c1-16-7-2-3-9(11-4-7)13-5-8(10(14)15)12-6-13/h2-6H,1H3,(H,14,15). The van der Waals surface area contributed by atoms with E-state index in [1.165, 1.54) is 17.1 Å². The molecule has 6 nitrogen and oxygen atoms in total. The molecule has 0 saturated carbocycles. The summed E-state index contributed by atoms with van der Waals surface area (Å²) < 4.78 is 6.50. The fourth-order valence-electron chi connectivity index (χ4n) is 1.20. The van der Waals surface area contributed by atoms with Gasteiger partial charge in [-0.25, -0.2) is 14.8 Å². The van der Waals surface area contributed by atoms with Crippen LogP contribution in [0.3, 0.4) is 0 Å². The van der Waals surface area contributed by atoms with Gasteiger partial charge in [0.1, 0.15) is 17.9 Å². The van der Waals surface area contributed by atoms with Gasteiger partial charge in [0.25, 0.3) is 0 Å². The van der Waals surface area contributed by atoms with Crippen molar-refractivity contribution in [2.75, 3.05) is 7.11 Å². The van der Waals surface area contributed by atoms with Crippen LogP contribution in [0.2, 0.25) is 0 Å². The van der Waals surface area contributed by atoms with Crippen LogP contribution in [0.15, 0.2) is 30.9 Å². The smallest absolute Gasteiger partial charge is 0.356 e. The maximum absolute atomic E-state index is 10.6. The highest BCUT2D eigenvalue weighted by atomic mass is 16.5. The fraction of sp³-hybridized carbons (Fsp3) is 0.100. The molecule has 16 heavy (non-hydrogen) atoms. The van der Waals surface area contributed by atoms with Crippen LogP contribution in [-0.4, -0.2) is 32.7 Å². The highest BCUT2D eigenvalue weighted by Gasteiger charge is 2.07. The van der Waals surface area contributed by atoms with Crippen LogP contribution in [0.25, 0.3) is 5.82 Å². The first-order valence-corrected chi connectivity index (χ1v) is 4.48. The monoisotopic (exact) mass is 219 g/mol. The van der Waals surface area contributed by atoms with Gasteiger partial charge in [0.05, 0.1) is 13.3 Å². The van der Waals surface area contributed by atoms with Crippen LogP contribution in [0, 0.1) is 0 Å². The summed E-state index contributed by atoms with van der Waals surface area (Å²) in [6, 6.07) is 3.45.